The molecule has 2 heterocycles. The Morgan fingerprint density at radius 2 is 1.95 bits per heavy atom. The average Bonchev–Trinajstić information content (AvgIpc) is 2.93. The van der Waals surface area contributed by atoms with Crippen LogP contribution in [0.5, 0.6) is 0 Å². The van der Waals surface area contributed by atoms with Gasteiger partial charge in [0.25, 0.3) is 0 Å². The van der Waals surface area contributed by atoms with Crippen LogP contribution in [0.25, 0.3) is 0 Å². The molecule has 1 aromatic carbocycles. The van der Waals surface area contributed by atoms with Gasteiger partial charge in [0, 0.05) is 36.6 Å². The van der Waals surface area contributed by atoms with Gasteiger partial charge in [-0.2, -0.15) is 0 Å². The van der Waals surface area contributed by atoms with Crippen molar-refractivity contribution in [2.24, 2.45) is 0 Å². The minimum Gasteiger partial charge on any atom is -0.347 e. The molecule has 2 aliphatic heterocycles. The largest absolute Gasteiger partial charge is 0.347 e. The SMILES string of the molecule is Cc1c(Cl)cccc1NC(=O)N1CCC2(CC1)OCCO2. The summed E-state index contributed by atoms with van der Waals surface area (Å²) in [6.45, 7) is 4.45. The number of rotatable bonds is 1. The van der Waals surface area contributed by atoms with Gasteiger partial charge in [-0.25, -0.2) is 4.79 Å². The summed E-state index contributed by atoms with van der Waals surface area (Å²) >= 11 is 6.07. The molecular formula is C15H19ClN2O3. The minimum atomic E-state index is -0.456. The summed E-state index contributed by atoms with van der Waals surface area (Å²) in [5.41, 5.74) is 1.63. The number of amides is 2. The van der Waals surface area contributed by atoms with Crippen LogP contribution in [-0.4, -0.2) is 43.0 Å². The second-order valence-corrected chi connectivity index (χ2v) is 5.84. The van der Waals surface area contributed by atoms with Gasteiger partial charge in [0.05, 0.1) is 13.2 Å². The average molecular weight is 311 g/mol. The second kappa shape index (κ2) is 5.83. The molecular weight excluding hydrogens is 292 g/mol. The fraction of sp³-hybridized carbons (Fsp3) is 0.533. The lowest BCUT2D eigenvalue weighted by molar-refractivity contribution is -0.181. The van der Waals surface area contributed by atoms with Crippen LogP contribution in [0.15, 0.2) is 18.2 Å². The first kappa shape index (κ1) is 14.6. The van der Waals surface area contributed by atoms with E-state index in [9.17, 15) is 4.79 Å². The lowest BCUT2D eigenvalue weighted by Gasteiger charge is -2.37. The molecule has 0 aromatic heterocycles. The third-order valence-electron chi connectivity index (χ3n) is 4.14. The number of carbonyl (C=O) groups is 1. The summed E-state index contributed by atoms with van der Waals surface area (Å²) in [7, 11) is 0. The van der Waals surface area contributed by atoms with E-state index in [0.29, 0.717) is 31.3 Å². The van der Waals surface area contributed by atoms with Crippen LogP contribution in [0.1, 0.15) is 18.4 Å². The van der Waals surface area contributed by atoms with Crippen molar-refractivity contribution in [3.05, 3.63) is 28.8 Å². The molecule has 6 heteroatoms. The quantitative estimate of drug-likeness (QED) is 0.867. The molecule has 2 aliphatic rings. The first-order chi connectivity index (χ1) is 10.1. The third kappa shape index (κ3) is 3.00. The molecule has 1 N–H and O–H groups in total. The molecule has 2 fully saturated rings. The number of benzene rings is 1. The van der Waals surface area contributed by atoms with Crippen LogP contribution in [0, 0.1) is 6.92 Å². The molecule has 0 bridgehead atoms. The Hall–Kier alpha value is -1.30. The highest BCUT2D eigenvalue weighted by molar-refractivity contribution is 6.31. The van der Waals surface area contributed by atoms with E-state index in [-0.39, 0.29) is 6.03 Å². The van der Waals surface area contributed by atoms with Gasteiger partial charge < -0.3 is 19.7 Å². The number of nitrogens with one attached hydrogen (secondary N) is 1. The molecule has 114 valence electrons. The zero-order valence-electron chi connectivity index (χ0n) is 12.0. The van der Waals surface area contributed by atoms with E-state index in [1.807, 2.05) is 25.1 Å². The van der Waals surface area contributed by atoms with Gasteiger partial charge in [0.2, 0.25) is 0 Å². The van der Waals surface area contributed by atoms with Crippen molar-refractivity contribution in [2.45, 2.75) is 25.6 Å². The molecule has 1 aromatic rings. The van der Waals surface area contributed by atoms with Crippen LogP contribution in [0.2, 0.25) is 5.02 Å². The third-order valence-corrected chi connectivity index (χ3v) is 4.54. The summed E-state index contributed by atoms with van der Waals surface area (Å²) in [5, 5.41) is 3.57. The van der Waals surface area contributed by atoms with Crippen LogP contribution >= 0.6 is 11.6 Å². The fourth-order valence-corrected chi connectivity index (χ4v) is 2.95. The van der Waals surface area contributed by atoms with E-state index in [4.69, 9.17) is 21.1 Å². The number of anilines is 1. The predicted molar refractivity (Wildman–Crippen MR) is 80.6 cm³/mol. The lowest BCUT2D eigenvalue weighted by Crippen LogP contribution is -2.48. The lowest BCUT2D eigenvalue weighted by atomic mass is 10.0. The molecule has 0 atom stereocenters. The van der Waals surface area contributed by atoms with E-state index in [0.717, 1.165) is 24.1 Å². The Bertz CT molecular complexity index is 534. The van der Waals surface area contributed by atoms with Crippen molar-refractivity contribution in [3.8, 4) is 0 Å². The summed E-state index contributed by atoms with van der Waals surface area (Å²) in [5.74, 6) is -0.456. The van der Waals surface area contributed by atoms with Gasteiger partial charge in [-0.15, -0.1) is 0 Å². The predicted octanol–water partition coefficient (Wildman–Crippen LogP) is 3.02. The Morgan fingerprint density at radius 3 is 2.62 bits per heavy atom. The van der Waals surface area contributed by atoms with Crippen molar-refractivity contribution in [3.63, 3.8) is 0 Å². The molecule has 3 rings (SSSR count). The van der Waals surface area contributed by atoms with Crippen molar-refractivity contribution in [1.82, 2.24) is 4.90 Å². The number of nitrogens with zero attached hydrogens (tertiary/aromatic N) is 1. The number of halogens is 1. The van der Waals surface area contributed by atoms with Gasteiger partial charge in [-0.1, -0.05) is 17.7 Å². The summed E-state index contributed by atoms with van der Waals surface area (Å²) < 4.78 is 11.3. The molecule has 5 nitrogen and oxygen atoms in total. The van der Waals surface area contributed by atoms with E-state index < -0.39 is 5.79 Å². The summed E-state index contributed by atoms with van der Waals surface area (Å²) in [4.78, 5) is 14.1. The van der Waals surface area contributed by atoms with E-state index in [1.165, 1.54) is 0 Å². The molecule has 0 saturated carbocycles. The Labute approximate surface area is 129 Å². The van der Waals surface area contributed by atoms with Gasteiger partial charge in [0.15, 0.2) is 5.79 Å². The van der Waals surface area contributed by atoms with E-state index in [1.54, 1.807) is 4.90 Å². The Kier molecular flexibility index (Phi) is 4.06. The fourth-order valence-electron chi connectivity index (χ4n) is 2.77. The van der Waals surface area contributed by atoms with Gasteiger partial charge in [0.1, 0.15) is 0 Å². The minimum absolute atomic E-state index is 0.104. The number of hydrogen-bond donors (Lipinski definition) is 1. The molecule has 2 amide bonds. The first-order valence-corrected chi connectivity index (χ1v) is 7.56. The smallest absolute Gasteiger partial charge is 0.321 e. The molecule has 21 heavy (non-hydrogen) atoms. The topological polar surface area (TPSA) is 50.8 Å². The van der Waals surface area contributed by atoms with Crippen LogP contribution < -0.4 is 5.32 Å². The highest BCUT2D eigenvalue weighted by atomic mass is 35.5. The van der Waals surface area contributed by atoms with Crippen LogP contribution in [0.4, 0.5) is 10.5 Å². The highest BCUT2D eigenvalue weighted by Gasteiger charge is 2.40. The second-order valence-electron chi connectivity index (χ2n) is 5.44. The van der Waals surface area contributed by atoms with Gasteiger partial charge >= 0.3 is 6.03 Å². The van der Waals surface area contributed by atoms with Crippen molar-refractivity contribution < 1.29 is 14.3 Å². The maximum Gasteiger partial charge on any atom is 0.321 e. The Morgan fingerprint density at radius 1 is 1.29 bits per heavy atom. The molecule has 0 aliphatic carbocycles. The summed E-state index contributed by atoms with van der Waals surface area (Å²) in [6.07, 6.45) is 1.43. The number of likely N-dealkylation sites (tertiary alicyclic amines) is 1. The number of hydrogen-bond acceptors (Lipinski definition) is 3. The molecule has 2 saturated heterocycles. The number of ether oxygens (including phenoxy) is 2. The maximum absolute atomic E-state index is 12.3. The monoisotopic (exact) mass is 310 g/mol. The summed E-state index contributed by atoms with van der Waals surface area (Å²) in [6, 6.07) is 5.39. The molecule has 1 spiro atoms. The van der Waals surface area contributed by atoms with Gasteiger partial charge in [-0.05, 0) is 24.6 Å². The van der Waals surface area contributed by atoms with Crippen molar-refractivity contribution >= 4 is 23.3 Å². The highest BCUT2D eigenvalue weighted by Crippen LogP contribution is 2.31. The Balaban J connectivity index is 1.60. The zero-order valence-corrected chi connectivity index (χ0v) is 12.8. The molecule has 0 radical (unpaired) electrons. The van der Waals surface area contributed by atoms with Crippen LogP contribution in [-0.2, 0) is 9.47 Å². The van der Waals surface area contributed by atoms with E-state index in [2.05, 4.69) is 5.32 Å². The number of carbonyl (C=O) groups excluding carboxylic acids is 1. The first-order valence-electron chi connectivity index (χ1n) is 7.19. The van der Waals surface area contributed by atoms with Crippen molar-refractivity contribution in [1.29, 1.82) is 0 Å². The van der Waals surface area contributed by atoms with Crippen molar-refractivity contribution in [2.75, 3.05) is 31.6 Å². The zero-order chi connectivity index (χ0) is 14.9. The van der Waals surface area contributed by atoms with Crippen LogP contribution in [0.3, 0.4) is 0 Å². The standard InChI is InChI=1S/C15H19ClN2O3/c1-11-12(16)3-2-4-13(11)17-14(19)18-7-5-15(6-8-18)20-9-10-21-15/h2-4H,5-10H2,1H3,(H,17,19). The van der Waals surface area contributed by atoms with Gasteiger partial charge in [-0.3, -0.25) is 0 Å². The number of urea groups is 1. The number of piperidine rings is 1. The molecule has 0 unspecified atom stereocenters. The maximum atomic E-state index is 12.3. The van der Waals surface area contributed by atoms with E-state index >= 15 is 0 Å². The normalized spacial score (nSPS) is 20.8.